The predicted molar refractivity (Wildman–Crippen MR) is 89.6 cm³/mol. The standard InChI is InChI=1S/C18H36N2O/c1-5-8-19-17-12-14(2)11-15(3)18(17)20-9-6-16(7-10-20)13-21-4/h14-19H,5-13H2,1-4H3. The molecule has 0 spiro atoms. The van der Waals surface area contributed by atoms with E-state index in [9.17, 15) is 0 Å². The van der Waals surface area contributed by atoms with Crippen LogP contribution in [0.5, 0.6) is 0 Å². The highest BCUT2D eigenvalue weighted by atomic mass is 16.5. The fraction of sp³-hybridized carbons (Fsp3) is 1.00. The quantitative estimate of drug-likeness (QED) is 0.815. The molecule has 2 aliphatic rings. The molecule has 21 heavy (non-hydrogen) atoms. The van der Waals surface area contributed by atoms with Crippen molar-refractivity contribution in [2.45, 2.75) is 65.0 Å². The molecule has 1 saturated carbocycles. The van der Waals surface area contributed by atoms with Crippen LogP contribution < -0.4 is 5.32 Å². The maximum atomic E-state index is 5.34. The molecule has 1 aliphatic heterocycles. The normalized spacial score (nSPS) is 36.0. The number of ether oxygens (including phenoxy) is 1. The number of likely N-dealkylation sites (tertiary alicyclic amines) is 1. The molecule has 0 aromatic heterocycles. The average molecular weight is 296 g/mol. The topological polar surface area (TPSA) is 24.5 Å². The largest absolute Gasteiger partial charge is 0.384 e. The van der Waals surface area contributed by atoms with Crippen molar-refractivity contribution >= 4 is 0 Å². The molecule has 1 saturated heterocycles. The van der Waals surface area contributed by atoms with E-state index in [1.165, 1.54) is 51.7 Å². The van der Waals surface area contributed by atoms with Gasteiger partial charge in [-0.3, -0.25) is 4.90 Å². The first-order valence-electron chi connectivity index (χ1n) is 9.12. The molecular formula is C18H36N2O. The van der Waals surface area contributed by atoms with Gasteiger partial charge in [0.05, 0.1) is 0 Å². The Hall–Kier alpha value is -0.120. The first-order chi connectivity index (χ1) is 10.2. The number of hydrogen-bond donors (Lipinski definition) is 1. The molecule has 1 N–H and O–H groups in total. The molecule has 0 aromatic rings. The van der Waals surface area contributed by atoms with Crippen LogP contribution in [0.2, 0.25) is 0 Å². The summed E-state index contributed by atoms with van der Waals surface area (Å²) in [4.78, 5) is 2.79. The van der Waals surface area contributed by atoms with Crippen LogP contribution in [0.4, 0.5) is 0 Å². The van der Waals surface area contributed by atoms with E-state index in [0.717, 1.165) is 30.4 Å². The molecule has 2 fully saturated rings. The summed E-state index contributed by atoms with van der Waals surface area (Å²) >= 11 is 0. The zero-order chi connectivity index (χ0) is 15.2. The minimum absolute atomic E-state index is 0.697. The third-order valence-corrected chi connectivity index (χ3v) is 5.56. The molecule has 1 aliphatic carbocycles. The molecule has 0 aromatic carbocycles. The zero-order valence-corrected chi connectivity index (χ0v) is 14.6. The number of hydrogen-bond acceptors (Lipinski definition) is 3. The van der Waals surface area contributed by atoms with Crippen LogP contribution in [-0.4, -0.2) is 50.3 Å². The van der Waals surface area contributed by atoms with Crippen molar-refractivity contribution in [3.05, 3.63) is 0 Å². The van der Waals surface area contributed by atoms with Gasteiger partial charge in [0.15, 0.2) is 0 Å². The van der Waals surface area contributed by atoms with E-state index in [1.807, 2.05) is 7.11 Å². The van der Waals surface area contributed by atoms with Crippen LogP contribution in [0.1, 0.15) is 52.9 Å². The van der Waals surface area contributed by atoms with Crippen molar-refractivity contribution in [3.63, 3.8) is 0 Å². The smallest absolute Gasteiger partial charge is 0.0491 e. The SMILES string of the molecule is CCCNC1CC(C)CC(C)C1N1CCC(COC)CC1. The lowest BCUT2D eigenvalue weighted by atomic mass is 9.75. The molecule has 1 heterocycles. The van der Waals surface area contributed by atoms with Crippen LogP contribution in [0.15, 0.2) is 0 Å². The molecule has 4 unspecified atom stereocenters. The highest BCUT2D eigenvalue weighted by molar-refractivity contribution is 4.95. The molecule has 4 atom stereocenters. The molecule has 0 amide bonds. The van der Waals surface area contributed by atoms with Gasteiger partial charge in [0.25, 0.3) is 0 Å². The summed E-state index contributed by atoms with van der Waals surface area (Å²) < 4.78 is 5.34. The van der Waals surface area contributed by atoms with Crippen molar-refractivity contribution in [3.8, 4) is 0 Å². The van der Waals surface area contributed by atoms with E-state index in [4.69, 9.17) is 4.74 Å². The summed E-state index contributed by atoms with van der Waals surface area (Å²) in [5, 5.41) is 3.85. The Morgan fingerprint density at radius 3 is 2.48 bits per heavy atom. The van der Waals surface area contributed by atoms with E-state index in [1.54, 1.807) is 0 Å². The van der Waals surface area contributed by atoms with Gasteiger partial charge in [-0.25, -0.2) is 0 Å². The average Bonchev–Trinajstić information content (AvgIpc) is 2.46. The molecule has 0 bridgehead atoms. The summed E-state index contributed by atoms with van der Waals surface area (Å²) in [6.45, 7) is 11.8. The van der Waals surface area contributed by atoms with Crippen molar-refractivity contribution < 1.29 is 4.74 Å². The Morgan fingerprint density at radius 1 is 1.14 bits per heavy atom. The molecule has 3 nitrogen and oxygen atoms in total. The second-order valence-electron chi connectivity index (χ2n) is 7.54. The first kappa shape index (κ1) is 17.2. The fourth-order valence-corrected chi connectivity index (χ4v) is 4.64. The van der Waals surface area contributed by atoms with E-state index in [0.29, 0.717) is 6.04 Å². The zero-order valence-electron chi connectivity index (χ0n) is 14.6. The van der Waals surface area contributed by atoms with Gasteiger partial charge < -0.3 is 10.1 Å². The minimum Gasteiger partial charge on any atom is -0.384 e. The number of methoxy groups -OCH3 is 1. The van der Waals surface area contributed by atoms with Gasteiger partial charge in [-0.1, -0.05) is 20.8 Å². The van der Waals surface area contributed by atoms with Crippen LogP contribution in [-0.2, 0) is 4.74 Å². The lowest BCUT2D eigenvalue weighted by Gasteiger charge is -2.48. The highest BCUT2D eigenvalue weighted by Crippen LogP contribution is 2.34. The number of nitrogens with zero attached hydrogens (tertiary/aromatic N) is 1. The van der Waals surface area contributed by atoms with Gasteiger partial charge in [-0.15, -0.1) is 0 Å². The Bertz CT molecular complexity index is 289. The summed E-state index contributed by atoms with van der Waals surface area (Å²) in [7, 11) is 1.83. The molecule has 0 radical (unpaired) electrons. The maximum absolute atomic E-state index is 5.34. The molecular weight excluding hydrogens is 260 g/mol. The lowest BCUT2D eigenvalue weighted by molar-refractivity contribution is 0.0228. The third-order valence-electron chi connectivity index (χ3n) is 5.56. The Balaban J connectivity index is 1.94. The van der Waals surface area contributed by atoms with Crippen LogP contribution in [0.25, 0.3) is 0 Å². The lowest BCUT2D eigenvalue weighted by Crippen LogP contribution is -2.58. The van der Waals surface area contributed by atoms with E-state index in [-0.39, 0.29) is 0 Å². The van der Waals surface area contributed by atoms with Crippen molar-refractivity contribution in [2.75, 3.05) is 33.4 Å². The second kappa shape index (κ2) is 8.50. The van der Waals surface area contributed by atoms with Gasteiger partial charge >= 0.3 is 0 Å². The maximum Gasteiger partial charge on any atom is 0.0491 e. The van der Waals surface area contributed by atoms with Crippen molar-refractivity contribution in [1.82, 2.24) is 10.2 Å². The van der Waals surface area contributed by atoms with Crippen molar-refractivity contribution in [1.29, 1.82) is 0 Å². The van der Waals surface area contributed by atoms with E-state index < -0.39 is 0 Å². The van der Waals surface area contributed by atoms with Gasteiger partial charge in [0, 0.05) is 25.8 Å². The number of piperidine rings is 1. The third kappa shape index (κ3) is 4.67. The monoisotopic (exact) mass is 296 g/mol. The van der Waals surface area contributed by atoms with Gasteiger partial charge in [-0.05, 0) is 69.5 Å². The van der Waals surface area contributed by atoms with Gasteiger partial charge in [0.1, 0.15) is 0 Å². The summed E-state index contributed by atoms with van der Waals surface area (Å²) in [6, 6.07) is 1.44. The van der Waals surface area contributed by atoms with E-state index in [2.05, 4.69) is 31.0 Å². The van der Waals surface area contributed by atoms with Crippen LogP contribution >= 0.6 is 0 Å². The second-order valence-corrected chi connectivity index (χ2v) is 7.54. The van der Waals surface area contributed by atoms with Crippen LogP contribution in [0, 0.1) is 17.8 Å². The summed E-state index contributed by atoms with van der Waals surface area (Å²) in [5.41, 5.74) is 0. The number of rotatable bonds is 6. The minimum atomic E-state index is 0.697. The Labute approximate surface area is 131 Å². The highest BCUT2D eigenvalue weighted by Gasteiger charge is 2.38. The Morgan fingerprint density at radius 2 is 1.86 bits per heavy atom. The Kier molecular flexibility index (Phi) is 6.97. The van der Waals surface area contributed by atoms with Gasteiger partial charge in [-0.2, -0.15) is 0 Å². The van der Waals surface area contributed by atoms with Gasteiger partial charge in [0.2, 0.25) is 0 Å². The first-order valence-corrected chi connectivity index (χ1v) is 9.12. The number of nitrogens with one attached hydrogen (secondary N) is 1. The predicted octanol–water partition coefficient (Wildman–Crippen LogP) is 3.15. The van der Waals surface area contributed by atoms with E-state index >= 15 is 0 Å². The summed E-state index contributed by atoms with van der Waals surface area (Å²) in [6.07, 6.45) is 6.61. The fourth-order valence-electron chi connectivity index (χ4n) is 4.64. The van der Waals surface area contributed by atoms with Crippen molar-refractivity contribution in [2.24, 2.45) is 17.8 Å². The molecule has 3 heteroatoms. The molecule has 124 valence electrons. The summed E-state index contributed by atoms with van der Waals surface area (Å²) in [5.74, 6) is 2.48. The molecule has 2 rings (SSSR count). The van der Waals surface area contributed by atoms with Crippen LogP contribution in [0.3, 0.4) is 0 Å².